The van der Waals surface area contributed by atoms with Crippen LogP contribution in [0.4, 0.5) is 17.5 Å². The molecule has 4 rings (SSSR count). The number of aryl methyl sites for hydroxylation is 1. The number of anilines is 3. The molecule has 1 saturated carbocycles. The maximum Gasteiger partial charge on any atom is 0.254 e. The van der Waals surface area contributed by atoms with Crippen molar-refractivity contribution in [1.82, 2.24) is 9.97 Å². The van der Waals surface area contributed by atoms with Gasteiger partial charge in [0.15, 0.2) is 0 Å². The number of rotatable bonds is 7. The minimum atomic E-state index is -0.585. The first kappa shape index (κ1) is 22.1. The summed E-state index contributed by atoms with van der Waals surface area (Å²) in [7, 11) is 0. The van der Waals surface area contributed by atoms with Gasteiger partial charge < -0.3 is 22.1 Å². The lowest BCUT2D eigenvalue weighted by Crippen LogP contribution is -2.43. The number of hydrogen-bond donors (Lipinski definition) is 4. The van der Waals surface area contributed by atoms with Gasteiger partial charge in [0.25, 0.3) is 5.91 Å². The molecule has 1 aliphatic rings. The summed E-state index contributed by atoms with van der Waals surface area (Å²) in [4.78, 5) is 23.0. The smallest absolute Gasteiger partial charge is 0.254 e. The zero-order valence-corrected chi connectivity index (χ0v) is 18.9. The summed E-state index contributed by atoms with van der Waals surface area (Å²) in [5.41, 5.74) is 14.1. The number of nitrogens with zero attached hydrogens (tertiary/aromatic N) is 2. The van der Waals surface area contributed by atoms with E-state index >= 15 is 0 Å². The molecule has 6 N–H and O–H groups in total. The molecule has 0 spiro atoms. The van der Waals surface area contributed by atoms with Crippen molar-refractivity contribution in [3.63, 3.8) is 0 Å². The Morgan fingerprint density at radius 1 is 1.09 bits per heavy atom. The normalized spacial score (nSPS) is 18.2. The Hall–Kier alpha value is -3.10. The van der Waals surface area contributed by atoms with Gasteiger partial charge in [-0.25, -0.2) is 4.98 Å². The lowest BCUT2D eigenvalue weighted by Gasteiger charge is -2.29. The third kappa shape index (κ3) is 5.57. The minimum absolute atomic E-state index is 0.0647. The van der Waals surface area contributed by atoms with Crippen molar-refractivity contribution in [2.45, 2.75) is 54.5 Å². The summed E-state index contributed by atoms with van der Waals surface area (Å²) in [6.45, 7) is 2.08. The van der Waals surface area contributed by atoms with E-state index in [9.17, 15) is 4.79 Å². The molecule has 166 valence electrons. The number of carbonyl (C=O) groups excluding carboxylic acids is 1. The van der Waals surface area contributed by atoms with Crippen molar-refractivity contribution < 1.29 is 4.79 Å². The highest BCUT2D eigenvalue weighted by molar-refractivity contribution is 7.99. The van der Waals surface area contributed by atoms with Crippen LogP contribution in [0.15, 0.2) is 64.5 Å². The quantitative estimate of drug-likeness (QED) is 0.421. The molecule has 7 nitrogen and oxygen atoms in total. The molecule has 1 amide bonds. The largest absolute Gasteiger partial charge is 0.365 e. The van der Waals surface area contributed by atoms with E-state index in [1.807, 2.05) is 30.3 Å². The number of nitrogens with two attached hydrogens (primary N) is 2. The van der Waals surface area contributed by atoms with E-state index in [1.165, 1.54) is 11.8 Å². The maximum absolute atomic E-state index is 12.0. The monoisotopic (exact) mass is 448 g/mol. The van der Waals surface area contributed by atoms with Crippen molar-refractivity contribution in [2.24, 2.45) is 11.5 Å². The first-order valence-corrected chi connectivity index (χ1v) is 11.6. The predicted molar refractivity (Wildman–Crippen MR) is 129 cm³/mol. The summed E-state index contributed by atoms with van der Waals surface area (Å²) in [5.74, 6) is 0.223. The van der Waals surface area contributed by atoms with Crippen LogP contribution in [-0.4, -0.2) is 28.0 Å². The van der Waals surface area contributed by atoms with Gasteiger partial charge in [-0.05, 0) is 50.1 Å². The number of benzene rings is 2. The molecule has 0 radical (unpaired) electrons. The Labute approximate surface area is 192 Å². The van der Waals surface area contributed by atoms with Crippen LogP contribution in [0.2, 0.25) is 0 Å². The van der Waals surface area contributed by atoms with Gasteiger partial charge in [0, 0.05) is 33.8 Å². The SMILES string of the molecule is Cc1cccc(Sc2cccc(Nc3nc(NC4CCCCC4N)ncc3C(N)=O)c2)c1. The van der Waals surface area contributed by atoms with Gasteiger partial charge in [0.05, 0.1) is 0 Å². The number of aromatic nitrogens is 2. The predicted octanol–water partition coefficient (Wildman–Crippen LogP) is 4.46. The highest BCUT2D eigenvalue weighted by atomic mass is 32.2. The topological polar surface area (TPSA) is 119 Å². The van der Waals surface area contributed by atoms with Crippen LogP contribution in [0.1, 0.15) is 41.6 Å². The average molecular weight is 449 g/mol. The molecule has 0 saturated heterocycles. The fraction of sp³-hybridized carbons (Fsp3) is 0.292. The Morgan fingerprint density at radius 3 is 2.59 bits per heavy atom. The number of amides is 1. The Balaban J connectivity index is 1.55. The standard InChI is InChI=1S/C24H28N6OS/c1-15-6-4-8-17(12-15)32-18-9-5-7-16(13-18)28-23-19(22(26)31)14-27-24(30-23)29-21-11-3-2-10-20(21)25/h4-9,12-14,20-21H,2-3,10-11,25H2,1H3,(H2,26,31)(H2,27,28,29,30). The van der Waals surface area contributed by atoms with Gasteiger partial charge in [-0.3, -0.25) is 4.79 Å². The fourth-order valence-corrected chi connectivity index (χ4v) is 4.82. The van der Waals surface area contributed by atoms with E-state index in [1.54, 1.807) is 11.8 Å². The van der Waals surface area contributed by atoms with Gasteiger partial charge in [-0.15, -0.1) is 0 Å². The van der Waals surface area contributed by atoms with Crippen LogP contribution in [0.25, 0.3) is 0 Å². The van der Waals surface area contributed by atoms with E-state index in [2.05, 4.69) is 45.7 Å². The molecule has 32 heavy (non-hydrogen) atoms. The van der Waals surface area contributed by atoms with Gasteiger partial charge in [0.2, 0.25) is 5.95 Å². The Bertz CT molecular complexity index is 1110. The Morgan fingerprint density at radius 2 is 1.84 bits per heavy atom. The van der Waals surface area contributed by atoms with Gasteiger partial charge in [-0.2, -0.15) is 4.98 Å². The van der Waals surface area contributed by atoms with Gasteiger partial charge in [-0.1, -0.05) is 48.4 Å². The van der Waals surface area contributed by atoms with Crippen LogP contribution >= 0.6 is 11.8 Å². The molecule has 2 unspecified atom stereocenters. The van der Waals surface area contributed by atoms with Crippen molar-refractivity contribution >= 4 is 35.1 Å². The first-order chi connectivity index (χ1) is 15.5. The van der Waals surface area contributed by atoms with Crippen molar-refractivity contribution in [3.8, 4) is 0 Å². The van der Waals surface area contributed by atoms with E-state index in [0.29, 0.717) is 11.8 Å². The highest BCUT2D eigenvalue weighted by Gasteiger charge is 2.23. The second kappa shape index (κ2) is 10.0. The summed E-state index contributed by atoms with van der Waals surface area (Å²) in [6, 6.07) is 16.5. The molecule has 1 heterocycles. The number of hydrogen-bond acceptors (Lipinski definition) is 7. The molecule has 1 aliphatic carbocycles. The molecule has 2 atom stereocenters. The average Bonchev–Trinajstić information content (AvgIpc) is 2.76. The molecule has 1 aromatic heterocycles. The number of nitrogens with one attached hydrogen (secondary N) is 2. The maximum atomic E-state index is 12.0. The second-order valence-corrected chi connectivity index (χ2v) is 9.24. The lowest BCUT2D eigenvalue weighted by atomic mass is 9.91. The molecule has 0 aliphatic heterocycles. The number of primary amides is 1. The van der Waals surface area contributed by atoms with Crippen LogP contribution in [-0.2, 0) is 0 Å². The third-order valence-corrected chi connectivity index (χ3v) is 6.49. The minimum Gasteiger partial charge on any atom is -0.365 e. The molecule has 8 heteroatoms. The second-order valence-electron chi connectivity index (χ2n) is 8.09. The van der Waals surface area contributed by atoms with E-state index in [4.69, 9.17) is 11.5 Å². The molecule has 3 aromatic rings. The molecular weight excluding hydrogens is 420 g/mol. The lowest BCUT2D eigenvalue weighted by molar-refractivity contribution is 0.100. The van der Waals surface area contributed by atoms with Crippen LogP contribution < -0.4 is 22.1 Å². The van der Waals surface area contributed by atoms with E-state index < -0.39 is 5.91 Å². The van der Waals surface area contributed by atoms with Crippen LogP contribution in [0.3, 0.4) is 0 Å². The molecular formula is C24H28N6OS. The van der Waals surface area contributed by atoms with Crippen LogP contribution in [0.5, 0.6) is 0 Å². The first-order valence-electron chi connectivity index (χ1n) is 10.8. The van der Waals surface area contributed by atoms with Gasteiger partial charge >= 0.3 is 0 Å². The molecule has 1 fully saturated rings. The van der Waals surface area contributed by atoms with Crippen molar-refractivity contribution in [1.29, 1.82) is 0 Å². The van der Waals surface area contributed by atoms with E-state index in [0.717, 1.165) is 41.2 Å². The summed E-state index contributed by atoms with van der Waals surface area (Å²) in [5, 5.41) is 6.57. The van der Waals surface area contributed by atoms with Crippen molar-refractivity contribution in [2.75, 3.05) is 10.6 Å². The van der Waals surface area contributed by atoms with Gasteiger partial charge in [0.1, 0.15) is 11.4 Å². The highest BCUT2D eigenvalue weighted by Crippen LogP contribution is 2.31. The zero-order valence-electron chi connectivity index (χ0n) is 18.0. The zero-order chi connectivity index (χ0) is 22.5. The van der Waals surface area contributed by atoms with Crippen molar-refractivity contribution in [3.05, 3.63) is 65.9 Å². The summed E-state index contributed by atoms with van der Waals surface area (Å²) in [6.07, 6.45) is 5.68. The Kier molecular flexibility index (Phi) is 6.92. The van der Waals surface area contributed by atoms with E-state index in [-0.39, 0.29) is 17.6 Å². The summed E-state index contributed by atoms with van der Waals surface area (Å²) < 4.78 is 0. The fourth-order valence-electron chi connectivity index (χ4n) is 3.82. The third-order valence-electron chi connectivity index (χ3n) is 5.51. The number of carbonyl (C=O) groups is 1. The van der Waals surface area contributed by atoms with Crippen LogP contribution in [0, 0.1) is 6.92 Å². The molecule has 2 aromatic carbocycles. The summed E-state index contributed by atoms with van der Waals surface area (Å²) >= 11 is 1.67. The molecule has 0 bridgehead atoms.